The van der Waals surface area contributed by atoms with Crippen LogP contribution < -0.4 is 23.7 Å². The molecule has 2 heterocycles. The second kappa shape index (κ2) is 6.29. The highest BCUT2D eigenvalue weighted by Crippen LogP contribution is 2.45. The summed E-state index contributed by atoms with van der Waals surface area (Å²) in [5, 5.41) is 0.934. The minimum atomic E-state index is 0.185. The van der Waals surface area contributed by atoms with Gasteiger partial charge in [0, 0.05) is 10.9 Å². The summed E-state index contributed by atoms with van der Waals surface area (Å²) >= 11 is 0. The summed E-state index contributed by atoms with van der Waals surface area (Å²) in [4.78, 5) is 4.83. The molecule has 0 atom stereocenters. The van der Waals surface area contributed by atoms with E-state index in [1.54, 1.807) is 21.3 Å². The molecule has 0 amide bonds. The molecule has 0 N–H and O–H groups in total. The molecule has 0 fully saturated rings. The van der Waals surface area contributed by atoms with Crippen LogP contribution >= 0.6 is 0 Å². The van der Waals surface area contributed by atoms with Gasteiger partial charge in [-0.2, -0.15) is 0 Å². The number of aromatic nitrogens is 1. The van der Waals surface area contributed by atoms with E-state index in [0.717, 1.165) is 33.5 Å². The zero-order chi connectivity index (χ0) is 18.3. The highest BCUT2D eigenvalue weighted by Gasteiger charge is 2.22. The number of benzene rings is 2. The van der Waals surface area contributed by atoms with Crippen molar-refractivity contribution in [3.8, 4) is 40.0 Å². The van der Waals surface area contributed by atoms with Gasteiger partial charge in [0.15, 0.2) is 11.5 Å². The lowest BCUT2D eigenvalue weighted by molar-refractivity contribution is 0.171. The molecule has 6 heteroatoms. The van der Waals surface area contributed by atoms with Gasteiger partial charge in [0.2, 0.25) is 12.5 Å². The molecule has 0 saturated heterocycles. The minimum absolute atomic E-state index is 0.185. The van der Waals surface area contributed by atoms with Gasteiger partial charge in [0.05, 0.1) is 27.0 Å². The van der Waals surface area contributed by atoms with Gasteiger partial charge in [-0.25, -0.2) is 4.98 Å². The molecule has 6 nitrogen and oxygen atoms in total. The maximum Gasteiger partial charge on any atom is 0.231 e. The number of hydrogen-bond donors (Lipinski definition) is 0. The standard InChI is InChI=1S/C20H19NO5/c1-11-7-13(12-8-16(24-4)20-17(9-12)25-10-26-20)21-19-15(23-3)6-5-14(22-2)18(11)19/h5-9H,10H2,1-4H3. The molecule has 0 radical (unpaired) electrons. The number of ether oxygens (including phenoxy) is 5. The van der Waals surface area contributed by atoms with E-state index in [1.807, 2.05) is 37.3 Å². The largest absolute Gasteiger partial charge is 0.496 e. The molecule has 0 aliphatic carbocycles. The van der Waals surface area contributed by atoms with E-state index in [1.165, 1.54) is 0 Å². The highest BCUT2D eigenvalue weighted by atomic mass is 16.7. The van der Waals surface area contributed by atoms with Crippen molar-refractivity contribution in [1.29, 1.82) is 0 Å². The summed E-state index contributed by atoms with van der Waals surface area (Å²) in [6, 6.07) is 9.57. The Bertz CT molecular complexity index is 999. The quantitative estimate of drug-likeness (QED) is 0.707. The van der Waals surface area contributed by atoms with E-state index in [2.05, 4.69) is 0 Å². The molecule has 1 aliphatic heterocycles. The first-order chi connectivity index (χ1) is 12.7. The fraction of sp³-hybridized carbons (Fsp3) is 0.250. The van der Waals surface area contributed by atoms with Crippen LogP contribution in [0.5, 0.6) is 28.7 Å². The van der Waals surface area contributed by atoms with Gasteiger partial charge in [-0.05, 0) is 42.8 Å². The summed E-state index contributed by atoms with van der Waals surface area (Å²) in [7, 11) is 4.89. The fourth-order valence-electron chi connectivity index (χ4n) is 3.24. The Kier molecular flexibility index (Phi) is 3.95. The van der Waals surface area contributed by atoms with E-state index in [4.69, 9.17) is 28.7 Å². The Balaban J connectivity index is 1.96. The maximum atomic E-state index is 5.53. The molecule has 1 aliphatic rings. The number of rotatable bonds is 4. The van der Waals surface area contributed by atoms with Gasteiger partial charge in [-0.15, -0.1) is 0 Å². The van der Waals surface area contributed by atoms with Crippen LogP contribution in [0.25, 0.3) is 22.2 Å². The zero-order valence-corrected chi connectivity index (χ0v) is 15.1. The topological polar surface area (TPSA) is 59.0 Å². The van der Waals surface area contributed by atoms with E-state index in [9.17, 15) is 0 Å². The van der Waals surface area contributed by atoms with Gasteiger partial charge in [-0.1, -0.05) is 0 Å². The predicted octanol–water partition coefficient (Wildman–Crippen LogP) is 3.96. The number of aryl methyl sites for hydroxylation is 1. The second-order valence-corrected chi connectivity index (χ2v) is 5.93. The van der Waals surface area contributed by atoms with Crippen LogP contribution in [0.4, 0.5) is 0 Å². The molecule has 0 spiro atoms. The fourth-order valence-corrected chi connectivity index (χ4v) is 3.24. The third-order valence-electron chi connectivity index (χ3n) is 4.48. The Morgan fingerprint density at radius 3 is 2.35 bits per heavy atom. The second-order valence-electron chi connectivity index (χ2n) is 5.93. The Hall–Kier alpha value is -3.15. The van der Waals surface area contributed by atoms with Crippen LogP contribution in [0.3, 0.4) is 0 Å². The van der Waals surface area contributed by atoms with Gasteiger partial charge in [0.25, 0.3) is 0 Å². The highest BCUT2D eigenvalue weighted by molar-refractivity contribution is 5.94. The summed E-state index contributed by atoms with van der Waals surface area (Å²) in [5.41, 5.74) is 3.45. The molecule has 26 heavy (non-hydrogen) atoms. The third kappa shape index (κ3) is 2.45. The number of methoxy groups -OCH3 is 3. The predicted molar refractivity (Wildman–Crippen MR) is 97.7 cm³/mol. The summed E-state index contributed by atoms with van der Waals surface area (Å²) in [5.74, 6) is 3.34. The summed E-state index contributed by atoms with van der Waals surface area (Å²) < 4.78 is 27.4. The average Bonchev–Trinajstić information content (AvgIpc) is 3.14. The molecule has 0 saturated carbocycles. The van der Waals surface area contributed by atoms with Gasteiger partial charge < -0.3 is 23.7 Å². The lowest BCUT2D eigenvalue weighted by atomic mass is 10.0. The number of pyridine rings is 1. The first-order valence-electron chi connectivity index (χ1n) is 8.16. The van der Waals surface area contributed by atoms with Crippen LogP contribution in [0.2, 0.25) is 0 Å². The zero-order valence-electron chi connectivity index (χ0n) is 15.1. The molecule has 3 aromatic rings. The monoisotopic (exact) mass is 353 g/mol. The van der Waals surface area contributed by atoms with Crippen molar-refractivity contribution in [2.75, 3.05) is 28.1 Å². The number of nitrogens with zero attached hydrogens (tertiary/aromatic N) is 1. The van der Waals surface area contributed by atoms with Crippen LogP contribution in [-0.2, 0) is 0 Å². The van der Waals surface area contributed by atoms with Gasteiger partial charge in [0.1, 0.15) is 17.0 Å². The lowest BCUT2D eigenvalue weighted by Crippen LogP contribution is -1.96. The van der Waals surface area contributed by atoms with Crippen molar-refractivity contribution in [2.24, 2.45) is 0 Å². The van der Waals surface area contributed by atoms with Crippen LogP contribution in [0, 0.1) is 6.92 Å². The molecule has 134 valence electrons. The molecular formula is C20H19NO5. The van der Waals surface area contributed by atoms with Crippen molar-refractivity contribution >= 4 is 10.9 Å². The summed E-state index contributed by atoms with van der Waals surface area (Å²) in [6.07, 6.45) is 0. The number of hydrogen-bond acceptors (Lipinski definition) is 6. The van der Waals surface area contributed by atoms with E-state index < -0.39 is 0 Å². The Morgan fingerprint density at radius 1 is 0.885 bits per heavy atom. The molecule has 0 bridgehead atoms. The first-order valence-corrected chi connectivity index (χ1v) is 8.16. The van der Waals surface area contributed by atoms with E-state index in [0.29, 0.717) is 23.0 Å². The first kappa shape index (κ1) is 16.3. The normalized spacial score (nSPS) is 12.3. The van der Waals surface area contributed by atoms with Crippen LogP contribution in [-0.4, -0.2) is 33.1 Å². The van der Waals surface area contributed by atoms with Crippen molar-refractivity contribution in [3.05, 3.63) is 35.9 Å². The Labute approximate surface area is 151 Å². The molecule has 1 aromatic heterocycles. The molecule has 2 aromatic carbocycles. The molecule has 4 rings (SSSR count). The van der Waals surface area contributed by atoms with Crippen molar-refractivity contribution in [1.82, 2.24) is 4.98 Å². The summed E-state index contributed by atoms with van der Waals surface area (Å²) in [6.45, 7) is 2.21. The lowest BCUT2D eigenvalue weighted by Gasteiger charge is -2.14. The van der Waals surface area contributed by atoms with Crippen molar-refractivity contribution < 1.29 is 23.7 Å². The van der Waals surface area contributed by atoms with Crippen molar-refractivity contribution in [3.63, 3.8) is 0 Å². The molecular weight excluding hydrogens is 334 g/mol. The smallest absolute Gasteiger partial charge is 0.231 e. The SMILES string of the molecule is COc1cc(-c2cc(C)c3c(OC)ccc(OC)c3n2)cc2c1OCO2. The van der Waals surface area contributed by atoms with Gasteiger partial charge >= 0.3 is 0 Å². The maximum absolute atomic E-state index is 5.53. The molecule has 0 unspecified atom stereocenters. The van der Waals surface area contributed by atoms with E-state index >= 15 is 0 Å². The van der Waals surface area contributed by atoms with Crippen LogP contribution in [0.1, 0.15) is 5.56 Å². The number of fused-ring (bicyclic) bond motifs is 2. The average molecular weight is 353 g/mol. The van der Waals surface area contributed by atoms with E-state index in [-0.39, 0.29) is 6.79 Å². The van der Waals surface area contributed by atoms with Crippen molar-refractivity contribution in [2.45, 2.75) is 6.92 Å². The Morgan fingerprint density at radius 2 is 1.62 bits per heavy atom. The minimum Gasteiger partial charge on any atom is -0.496 e. The van der Waals surface area contributed by atoms with Gasteiger partial charge in [-0.3, -0.25) is 0 Å². The van der Waals surface area contributed by atoms with Crippen LogP contribution in [0.15, 0.2) is 30.3 Å². The third-order valence-corrected chi connectivity index (χ3v) is 4.48.